The first-order valence-corrected chi connectivity index (χ1v) is 3.80. The molecule has 0 aliphatic heterocycles. The molecule has 4 nitrogen and oxygen atoms in total. The van der Waals surface area contributed by atoms with Crippen LogP contribution in [0.25, 0.3) is 0 Å². The number of carbonyl (C=O) groups excluding carboxylic acids is 1. The molecule has 0 bridgehead atoms. The highest BCUT2D eigenvalue weighted by Crippen LogP contribution is 2.12. The molecule has 13 heavy (non-hydrogen) atoms. The molecule has 0 spiro atoms. The van der Waals surface area contributed by atoms with Crippen molar-refractivity contribution in [3.05, 3.63) is 28.5 Å². The van der Waals surface area contributed by atoms with Gasteiger partial charge >= 0.3 is 5.97 Å². The molecule has 1 rings (SSSR count). The van der Waals surface area contributed by atoms with Gasteiger partial charge in [-0.05, 0) is 12.1 Å². The molecule has 0 aliphatic carbocycles. The Morgan fingerprint density at radius 2 is 1.92 bits per heavy atom. The van der Waals surface area contributed by atoms with Crippen LogP contribution in [0.1, 0.15) is 27.9 Å². The monoisotopic (exact) mass is 199 g/mol. The van der Waals surface area contributed by atoms with Crippen molar-refractivity contribution >= 4 is 23.4 Å². The van der Waals surface area contributed by atoms with Gasteiger partial charge < -0.3 is 5.11 Å². The molecule has 1 aromatic heterocycles. The smallest absolute Gasteiger partial charge is 0.354 e. The first kappa shape index (κ1) is 9.67. The zero-order chi connectivity index (χ0) is 10.0. The van der Waals surface area contributed by atoms with E-state index in [1.807, 2.05) is 0 Å². The molecule has 0 saturated heterocycles. The number of hydrogen-bond donors (Lipinski definition) is 1. The van der Waals surface area contributed by atoms with Crippen LogP contribution in [0.3, 0.4) is 0 Å². The van der Waals surface area contributed by atoms with E-state index in [0.717, 1.165) is 0 Å². The molecule has 0 saturated carbocycles. The second kappa shape index (κ2) is 3.53. The highest BCUT2D eigenvalue weighted by molar-refractivity contribution is 6.31. The third-order valence-electron chi connectivity index (χ3n) is 1.37. The van der Waals surface area contributed by atoms with E-state index >= 15 is 0 Å². The van der Waals surface area contributed by atoms with Crippen LogP contribution < -0.4 is 0 Å². The number of aromatic carboxylic acids is 1. The van der Waals surface area contributed by atoms with Crippen molar-refractivity contribution < 1.29 is 14.7 Å². The van der Waals surface area contributed by atoms with E-state index in [2.05, 4.69) is 4.98 Å². The number of ketones is 1. The largest absolute Gasteiger partial charge is 0.477 e. The lowest BCUT2D eigenvalue weighted by Gasteiger charge is -1.98. The second-order valence-corrected chi connectivity index (χ2v) is 2.85. The van der Waals surface area contributed by atoms with Crippen molar-refractivity contribution in [3.63, 3.8) is 0 Å². The molecule has 0 atom stereocenters. The van der Waals surface area contributed by atoms with Gasteiger partial charge in [-0.2, -0.15) is 0 Å². The third kappa shape index (κ3) is 2.26. The van der Waals surface area contributed by atoms with Gasteiger partial charge in [0, 0.05) is 11.9 Å². The standard InChI is InChI=1S/C8H6ClNO3/c1-4(11)6-2-5(9)3-7(10-6)8(12)13/h2-3H,1H3,(H,12,13). The van der Waals surface area contributed by atoms with Crippen LogP contribution in [0.2, 0.25) is 5.02 Å². The van der Waals surface area contributed by atoms with Crippen LogP contribution in [0, 0.1) is 0 Å². The molecule has 68 valence electrons. The lowest BCUT2D eigenvalue weighted by atomic mass is 10.2. The number of aromatic nitrogens is 1. The van der Waals surface area contributed by atoms with E-state index in [4.69, 9.17) is 16.7 Å². The molecule has 0 radical (unpaired) electrons. The number of nitrogens with zero attached hydrogens (tertiary/aromatic N) is 1. The average molecular weight is 200 g/mol. The minimum Gasteiger partial charge on any atom is -0.477 e. The molecule has 0 unspecified atom stereocenters. The molecule has 1 N–H and O–H groups in total. The van der Waals surface area contributed by atoms with E-state index in [-0.39, 0.29) is 22.2 Å². The molecule has 1 aromatic rings. The predicted octanol–water partition coefficient (Wildman–Crippen LogP) is 1.64. The first-order valence-electron chi connectivity index (χ1n) is 3.42. The molecule has 0 aromatic carbocycles. The molecule has 5 heteroatoms. The third-order valence-corrected chi connectivity index (χ3v) is 1.59. The van der Waals surface area contributed by atoms with E-state index in [0.29, 0.717) is 0 Å². The zero-order valence-electron chi connectivity index (χ0n) is 6.74. The van der Waals surface area contributed by atoms with Crippen molar-refractivity contribution in [1.82, 2.24) is 4.98 Å². The number of carbonyl (C=O) groups is 2. The summed E-state index contributed by atoms with van der Waals surface area (Å²) >= 11 is 5.58. The van der Waals surface area contributed by atoms with Crippen LogP contribution in [-0.4, -0.2) is 21.8 Å². The lowest BCUT2D eigenvalue weighted by Crippen LogP contribution is -2.05. The molecule has 0 aliphatic rings. The Bertz CT molecular complexity index is 343. The number of carboxylic acids is 1. The summed E-state index contributed by atoms with van der Waals surface area (Å²) in [6.45, 7) is 1.30. The minimum absolute atomic E-state index is 0.0601. The minimum atomic E-state index is -1.20. The van der Waals surface area contributed by atoms with Gasteiger partial charge in [-0.1, -0.05) is 11.6 Å². The SMILES string of the molecule is CC(=O)c1cc(Cl)cc(C(=O)O)n1. The maximum Gasteiger partial charge on any atom is 0.354 e. The Balaban J connectivity index is 3.26. The van der Waals surface area contributed by atoms with Crippen LogP contribution in [0.5, 0.6) is 0 Å². The van der Waals surface area contributed by atoms with E-state index < -0.39 is 5.97 Å². The quantitative estimate of drug-likeness (QED) is 0.736. The van der Waals surface area contributed by atoms with E-state index in [9.17, 15) is 9.59 Å². The van der Waals surface area contributed by atoms with Gasteiger partial charge in [-0.3, -0.25) is 4.79 Å². The number of pyridine rings is 1. The van der Waals surface area contributed by atoms with Crippen molar-refractivity contribution in [2.24, 2.45) is 0 Å². The van der Waals surface area contributed by atoms with Gasteiger partial charge in [-0.25, -0.2) is 9.78 Å². The van der Waals surface area contributed by atoms with Crippen LogP contribution >= 0.6 is 11.6 Å². The zero-order valence-corrected chi connectivity index (χ0v) is 7.50. The van der Waals surface area contributed by atoms with Gasteiger partial charge in [0.25, 0.3) is 0 Å². The van der Waals surface area contributed by atoms with Gasteiger partial charge in [0.1, 0.15) is 5.69 Å². The maximum absolute atomic E-state index is 10.9. The summed E-state index contributed by atoms with van der Waals surface area (Å²) in [5.41, 5.74) is -0.164. The highest BCUT2D eigenvalue weighted by Gasteiger charge is 2.10. The number of carboxylic acid groups (broad SMARTS) is 1. The van der Waals surface area contributed by atoms with Crippen molar-refractivity contribution in [1.29, 1.82) is 0 Å². The van der Waals surface area contributed by atoms with Crippen molar-refractivity contribution in [2.75, 3.05) is 0 Å². The van der Waals surface area contributed by atoms with Crippen molar-refractivity contribution in [3.8, 4) is 0 Å². The second-order valence-electron chi connectivity index (χ2n) is 2.42. The normalized spacial score (nSPS) is 9.69. The van der Waals surface area contributed by atoms with Crippen molar-refractivity contribution in [2.45, 2.75) is 6.92 Å². The summed E-state index contributed by atoms with van der Waals surface area (Å²) in [5.74, 6) is -1.52. The topological polar surface area (TPSA) is 67.3 Å². The maximum atomic E-state index is 10.9. The van der Waals surface area contributed by atoms with E-state index in [1.165, 1.54) is 19.1 Å². The summed E-state index contributed by atoms with van der Waals surface area (Å²) in [6, 6.07) is 2.52. The Hall–Kier alpha value is -1.42. The summed E-state index contributed by atoms with van der Waals surface area (Å²) in [7, 11) is 0. The molecule has 0 amide bonds. The fourth-order valence-electron chi connectivity index (χ4n) is 0.787. The lowest BCUT2D eigenvalue weighted by molar-refractivity contribution is 0.0690. The Morgan fingerprint density at radius 1 is 1.38 bits per heavy atom. The van der Waals surface area contributed by atoms with Gasteiger partial charge in [0.15, 0.2) is 11.5 Å². The summed E-state index contributed by atoms with van der Waals surface area (Å²) in [4.78, 5) is 25.0. The molecule has 1 heterocycles. The number of rotatable bonds is 2. The van der Waals surface area contributed by atoms with Gasteiger partial charge in [-0.15, -0.1) is 0 Å². The Labute approximate surface area is 79.2 Å². The average Bonchev–Trinajstić information content (AvgIpc) is 2.03. The molecule has 0 fully saturated rings. The number of hydrogen-bond acceptors (Lipinski definition) is 3. The molecular weight excluding hydrogens is 194 g/mol. The summed E-state index contributed by atoms with van der Waals surface area (Å²) in [6.07, 6.45) is 0. The highest BCUT2D eigenvalue weighted by atomic mass is 35.5. The summed E-state index contributed by atoms with van der Waals surface area (Å²) in [5, 5.41) is 8.78. The molecular formula is C8H6ClNO3. The predicted molar refractivity (Wildman–Crippen MR) is 46.2 cm³/mol. The first-order chi connectivity index (χ1) is 6.00. The fraction of sp³-hybridized carbons (Fsp3) is 0.125. The van der Waals surface area contributed by atoms with Gasteiger partial charge in [0.05, 0.1) is 0 Å². The number of Topliss-reactive ketones (excluding diaryl/α,β-unsaturated/α-hetero) is 1. The van der Waals surface area contributed by atoms with Gasteiger partial charge in [0.2, 0.25) is 0 Å². The number of halogens is 1. The summed E-state index contributed by atoms with van der Waals surface area (Å²) < 4.78 is 0. The fourth-order valence-corrected chi connectivity index (χ4v) is 0.994. The van der Waals surface area contributed by atoms with Crippen LogP contribution in [0.15, 0.2) is 12.1 Å². The Morgan fingerprint density at radius 3 is 2.38 bits per heavy atom. The van der Waals surface area contributed by atoms with Crippen LogP contribution in [0.4, 0.5) is 0 Å². The van der Waals surface area contributed by atoms with E-state index in [1.54, 1.807) is 0 Å². The Kier molecular flexibility index (Phi) is 2.63. The van der Waals surface area contributed by atoms with Crippen LogP contribution in [-0.2, 0) is 0 Å².